The summed E-state index contributed by atoms with van der Waals surface area (Å²) in [5.41, 5.74) is 1.62. The van der Waals surface area contributed by atoms with Gasteiger partial charge in [0.2, 0.25) is 0 Å². The summed E-state index contributed by atoms with van der Waals surface area (Å²) in [6.07, 6.45) is 0.817. The molecule has 0 saturated carbocycles. The number of hydrogen-bond donors (Lipinski definition) is 1. The number of aryl methyl sites for hydroxylation is 1. The minimum atomic E-state index is 0.373. The highest BCUT2D eigenvalue weighted by atomic mass is 32.1. The van der Waals surface area contributed by atoms with Gasteiger partial charge in [-0.05, 0) is 23.9 Å². The lowest BCUT2D eigenvalue weighted by Crippen LogP contribution is -1.77. The molecule has 0 fully saturated rings. The first-order valence-corrected chi connectivity index (χ1v) is 5.22. The van der Waals surface area contributed by atoms with Crippen LogP contribution in [0.25, 0.3) is 10.1 Å². The largest absolute Gasteiger partial charge is 0.499 e. The number of aromatic hydroxyl groups is 1. The summed E-state index contributed by atoms with van der Waals surface area (Å²) < 4.78 is 0.985. The predicted octanol–water partition coefficient (Wildman–Crippen LogP) is 3.04. The lowest BCUT2D eigenvalue weighted by atomic mass is 10.1. The lowest BCUT2D eigenvalue weighted by Gasteiger charge is -1.94. The van der Waals surface area contributed by atoms with Gasteiger partial charge in [0.25, 0.3) is 0 Å². The van der Waals surface area contributed by atoms with Crippen LogP contribution in [0.3, 0.4) is 0 Å². The molecule has 1 N–H and O–H groups in total. The average molecular weight is 203 g/mol. The van der Waals surface area contributed by atoms with Crippen LogP contribution >= 0.6 is 11.3 Å². The number of nitriles is 1. The molecule has 0 aliphatic rings. The predicted molar refractivity (Wildman–Crippen MR) is 57.6 cm³/mol. The molecule has 1 aromatic carbocycles. The Kier molecular flexibility index (Phi) is 2.14. The number of rotatable bonds is 1. The molecule has 0 saturated heterocycles. The van der Waals surface area contributed by atoms with E-state index in [1.54, 1.807) is 6.07 Å². The summed E-state index contributed by atoms with van der Waals surface area (Å²) in [5.74, 6) is 0. The maximum absolute atomic E-state index is 9.63. The van der Waals surface area contributed by atoms with E-state index >= 15 is 0 Å². The van der Waals surface area contributed by atoms with Crippen LogP contribution in [0.15, 0.2) is 18.2 Å². The van der Waals surface area contributed by atoms with Crippen molar-refractivity contribution in [3.05, 3.63) is 29.3 Å². The van der Waals surface area contributed by atoms with Crippen molar-refractivity contribution in [1.29, 1.82) is 5.26 Å². The first kappa shape index (κ1) is 9.04. The normalized spacial score (nSPS) is 10.3. The van der Waals surface area contributed by atoms with Crippen molar-refractivity contribution >= 4 is 21.4 Å². The Morgan fingerprint density at radius 3 is 2.93 bits per heavy atom. The second kappa shape index (κ2) is 3.32. The second-order valence-electron chi connectivity index (χ2n) is 3.06. The van der Waals surface area contributed by atoms with E-state index in [2.05, 4.69) is 6.07 Å². The van der Waals surface area contributed by atoms with Gasteiger partial charge in [-0.3, -0.25) is 0 Å². The van der Waals surface area contributed by atoms with Gasteiger partial charge in [-0.15, -0.1) is 0 Å². The summed E-state index contributed by atoms with van der Waals surface area (Å²) in [5, 5.41) is 19.8. The van der Waals surface area contributed by atoms with E-state index in [-0.39, 0.29) is 0 Å². The molecule has 2 nitrogen and oxygen atoms in total. The van der Waals surface area contributed by atoms with Crippen LogP contribution in [-0.4, -0.2) is 5.11 Å². The van der Waals surface area contributed by atoms with E-state index in [4.69, 9.17) is 5.26 Å². The summed E-state index contributed by atoms with van der Waals surface area (Å²) in [7, 11) is 0. The van der Waals surface area contributed by atoms with Gasteiger partial charge in [-0.2, -0.15) is 5.26 Å². The van der Waals surface area contributed by atoms with Gasteiger partial charge in [-0.1, -0.05) is 24.3 Å². The van der Waals surface area contributed by atoms with Crippen molar-refractivity contribution in [2.45, 2.75) is 13.3 Å². The molecule has 1 aromatic heterocycles. The van der Waals surface area contributed by atoms with Crippen LogP contribution in [0.2, 0.25) is 0 Å². The Labute approximate surface area is 86.0 Å². The van der Waals surface area contributed by atoms with Crippen LogP contribution in [0.4, 0.5) is 0 Å². The van der Waals surface area contributed by atoms with Crippen LogP contribution in [0.5, 0.6) is 5.06 Å². The van der Waals surface area contributed by atoms with Gasteiger partial charge in [0, 0.05) is 10.3 Å². The Bertz CT molecular complexity index is 522. The second-order valence-corrected chi connectivity index (χ2v) is 4.09. The van der Waals surface area contributed by atoms with E-state index in [0.29, 0.717) is 10.6 Å². The number of hydrogen-bond acceptors (Lipinski definition) is 3. The Morgan fingerprint density at radius 1 is 1.50 bits per heavy atom. The molecule has 1 heterocycles. The van der Waals surface area contributed by atoms with Gasteiger partial charge >= 0.3 is 0 Å². The third-order valence-corrected chi connectivity index (χ3v) is 3.25. The van der Waals surface area contributed by atoms with Crippen molar-refractivity contribution < 1.29 is 5.11 Å². The topological polar surface area (TPSA) is 44.0 Å². The summed E-state index contributed by atoms with van der Waals surface area (Å²) in [6.45, 7) is 2.01. The molecule has 0 aliphatic carbocycles. The molecular formula is C11H9NOS. The maximum Gasteiger partial charge on any atom is 0.175 e. The Morgan fingerprint density at radius 2 is 2.29 bits per heavy atom. The molecule has 0 atom stereocenters. The fourth-order valence-corrected chi connectivity index (χ4v) is 2.62. The fourth-order valence-electron chi connectivity index (χ4n) is 1.55. The number of benzene rings is 1. The zero-order chi connectivity index (χ0) is 10.1. The minimum absolute atomic E-state index is 0.373. The van der Waals surface area contributed by atoms with Crippen LogP contribution in [0.1, 0.15) is 18.1 Å². The van der Waals surface area contributed by atoms with Gasteiger partial charge in [0.15, 0.2) is 5.06 Å². The molecule has 70 valence electrons. The van der Waals surface area contributed by atoms with Gasteiger partial charge in [0.1, 0.15) is 0 Å². The van der Waals surface area contributed by atoms with Gasteiger partial charge in [0.05, 0.1) is 11.6 Å². The van der Waals surface area contributed by atoms with E-state index < -0.39 is 0 Å². The van der Waals surface area contributed by atoms with Gasteiger partial charge in [-0.25, -0.2) is 0 Å². The molecule has 0 amide bonds. The highest BCUT2D eigenvalue weighted by molar-refractivity contribution is 7.20. The quantitative estimate of drug-likeness (QED) is 0.774. The van der Waals surface area contributed by atoms with E-state index in [9.17, 15) is 5.11 Å². The molecule has 0 bridgehead atoms. The van der Waals surface area contributed by atoms with Gasteiger partial charge < -0.3 is 5.11 Å². The zero-order valence-corrected chi connectivity index (χ0v) is 8.56. The molecule has 2 aromatic rings. The Hall–Kier alpha value is -1.53. The average Bonchev–Trinajstić information content (AvgIpc) is 2.51. The monoisotopic (exact) mass is 203 g/mol. The number of fused-ring (bicyclic) bond motifs is 1. The van der Waals surface area contributed by atoms with E-state index in [0.717, 1.165) is 22.1 Å². The smallest absolute Gasteiger partial charge is 0.175 e. The first-order chi connectivity index (χ1) is 6.76. The SMILES string of the molecule is CCc1c(O)sc2cc(C#N)ccc12. The highest BCUT2D eigenvalue weighted by Gasteiger charge is 2.09. The Balaban J connectivity index is 2.76. The van der Waals surface area contributed by atoms with Crippen molar-refractivity contribution in [1.82, 2.24) is 0 Å². The number of nitrogens with zero attached hydrogens (tertiary/aromatic N) is 1. The first-order valence-electron chi connectivity index (χ1n) is 4.40. The van der Waals surface area contributed by atoms with Crippen molar-refractivity contribution in [3.63, 3.8) is 0 Å². The molecule has 0 unspecified atom stereocenters. The minimum Gasteiger partial charge on any atom is -0.499 e. The maximum atomic E-state index is 9.63. The van der Waals surface area contributed by atoms with Crippen LogP contribution in [-0.2, 0) is 6.42 Å². The number of thiophene rings is 1. The fraction of sp³-hybridized carbons (Fsp3) is 0.182. The van der Waals surface area contributed by atoms with Crippen molar-refractivity contribution in [2.75, 3.05) is 0 Å². The molecule has 2 rings (SSSR count). The van der Waals surface area contributed by atoms with Crippen LogP contribution < -0.4 is 0 Å². The summed E-state index contributed by atoms with van der Waals surface area (Å²) in [4.78, 5) is 0. The summed E-state index contributed by atoms with van der Waals surface area (Å²) >= 11 is 1.34. The standard InChI is InChI=1S/C11H9NOS/c1-2-8-9-4-3-7(6-12)5-10(9)14-11(8)13/h3-5,13H,2H2,1H3. The molecule has 14 heavy (non-hydrogen) atoms. The molecule has 0 aliphatic heterocycles. The highest BCUT2D eigenvalue weighted by Crippen LogP contribution is 2.37. The zero-order valence-electron chi connectivity index (χ0n) is 7.74. The van der Waals surface area contributed by atoms with Crippen molar-refractivity contribution in [3.8, 4) is 11.1 Å². The summed E-state index contributed by atoms with van der Waals surface area (Å²) in [6, 6.07) is 7.60. The van der Waals surface area contributed by atoms with E-state index in [1.165, 1.54) is 11.3 Å². The third-order valence-electron chi connectivity index (χ3n) is 2.25. The third kappa shape index (κ3) is 1.24. The lowest BCUT2D eigenvalue weighted by molar-refractivity contribution is 0.485. The molecule has 0 spiro atoms. The molecular weight excluding hydrogens is 194 g/mol. The molecule has 3 heteroatoms. The molecule has 0 radical (unpaired) electrons. The van der Waals surface area contributed by atoms with Crippen LogP contribution in [0, 0.1) is 11.3 Å². The van der Waals surface area contributed by atoms with Crippen molar-refractivity contribution in [2.24, 2.45) is 0 Å². The van der Waals surface area contributed by atoms with E-state index in [1.807, 2.05) is 19.1 Å².